The van der Waals surface area contributed by atoms with E-state index < -0.39 is 5.91 Å². The largest absolute Gasteiger partial charge is 0.494 e. The molecule has 1 N–H and O–H groups in total. The Kier molecular flexibility index (Phi) is 7.99. The molecular weight excluding hydrogens is 516 g/mol. The number of nitrogens with zero attached hydrogens (tertiary/aromatic N) is 1. The Hall–Kier alpha value is -4.49. The van der Waals surface area contributed by atoms with E-state index in [4.69, 9.17) is 30.2 Å². The van der Waals surface area contributed by atoms with Crippen LogP contribution in [0.15, 0.2) is 88.4 Å². The van der Waals surface area contributed by atoms with Crippen LogP contribution >= 0.6 is 11.6 Å². The van der Waals surface area contributed by atoms with E-state index in [2.05, 4.69) is 28.7 Å². The van der Waals surface area contributed by atoms with E-state index >= 15 is 0 Å². The average Bonchev–Trinajstić information content (AvgIpc) is 3.37. The van der Waals surface area contributed by atoms with Crippen molar-refractivity contribution in [2.45, 2.75) is 20.5 Å². The zero-order valence-corrected chi connectivity index (χ0v) is 22.3. The van der Waals surface area contributed by atoms with Crippen molar-refractivity contribution in [2.75, 3.05) is 13.2 Å². The average molecular weight is 543 g/mol. The first kappa shape index (κ1) is 26.1. The summed E-state index contributed by atoms with van der Waals surface area (Å²) < 4.78 is 23.1. The van der Waals surface area contributed by atoms with Crippen molar-refractivity contribution < 1.29 is 23.4 Å². The molecule has 198 valence electrons. The molecule has 0 saturated heterocycles. The fourth-order valence-corrected chi connectivity index (χ4v) is 4.52. The van der Waals surface area contributed by atoms with Gasteiger partial charge >= 0.3 is 5.91 Å². The van der Waals surface area contributed by atoms with Crippen molar-refractivity contribution in [3.05, 3.63) is 101 Å². The number of nitrogens with one attached hydrogen (secondary N) is 1. The number of rotatable bonds is 10. The number of halogens is 1. The number of hydrogen-bond donors (Lipinski definition) is 1. The second kappa shape index (κ2) is 11.9. The van der Waals surface area contributed by atoms with Crippen LogP contribution in [0.1, 0.15) is 35.5 Å². The molecule has 39 heavy (non-hydrogen) atoms. The molecule has 8 heteroatoms. The molecule has 1 amide bonds. The van der Waals surface area contributed by atoms with Crippen molar-refractivity contribution in [1.29, 1.82) is 0 Å². The third-order valence-corrected chi connectivity index (χ3v) is 6.27. The van der Waals surface area contributed by atoms with Crippen molar-refractivity contribution in [1.82, 2.24) is 5.43 Å². The topological polar surface area (TPSA) is 82.3 Å². The van der Waals surface area contributed by atoms with E-state index in [1.807, 2.05) is 44.2 Å². The summed E-state index contributed by atoms with van der Waals surface area (Å²) in [6, 6.07) is 24.7. The molecular formula is C31H27ClN2O5. The minimum Gasteiger partial charge on any atom is -0.494 e. The monoisotopic (exact) mass is 542 g/mol. The van der Waals surface area contributed by atoms with Gasteiger partial charge in [0.15, 0.2) is 17.3 Å². The summed E-state index contributed by atoms with van der Waals surface area (Å²) in [7, 11) is 0. The number of ether oxygens (including phenoxy) is 3. The summed E-state index contributed by atoms with van der Waals surface area (Å²) in [5, 5.41) is 7.47. The Morgan fingerprint density at radius 2 is 1.74 bits per heavy atom. The number of carbonyl (C=O) groups is 1. The van der Waals surface area contributed by atoms with Gasteiger partial charge in [-0.25, -0.2) is 5.43 Å². The predicted molar refractivity (Wildman–Crippen MR) is 153 cm³/mol. The molecule has 0 atom stereocenters. The quantitative estimate of drug-likeness (QED) is 0.147. The zero-order valence-electron chi connectivity index (χ0n) is 21.6. The minimum atomic E-state index is -0.480. The molecule has 0 aliphatic carbocycles. The van der Waals surface area contributed by atoms with Crippen LogP contribution in [0.5, 0.6) is 17.2 Å². The third-order valence-electron chi connectivity index (χ3n) is 5.99. The number of amides is 1. The van der Waals surface area contributed by atoms with Gasteiger partial charge in [0.05, 0.1) is 24.5 Å². The van der Waals surface area contributed by atoms with Gasteiger partial charge in [0.2, 0.25) is 0 Å². The zero-order chi connectivity index (χ0) is 27.2. The summed E-state index contributed by atoms with van der Waals surface area (Å²) in [6.45, 7) is 5.10. The van der Waals surface area contributed by atoms with Gasteiger partial charge in [-0.2, -0.15) is 5.10 Å². The Morgan fingerprint density at radius 3 is 2.59 bits per heavy atom. The number of hydrogen-bond acceptors (Lipinski definition) is 6. The first-order chi connectivity index (χ1) is 19.1. The molecule has 0 aliphatic rings. The highest BCUT2D eigenvalue weighted by Crippen LogP contribution is 2.37. The molecule has 0 aliphatic heterocycles. The predicted octanol–water partition coefficient (Wildman–Crippen LogP) is 7.38. The van der Waals surface area contributed by atoms with Gasteiger partial charge < -0.3 is 18.6 Å². The van der Waals surface area contributed by atoms with Crippen LogP contribution in [-0.4, -0.2) is 25.3 Å². The molecule has 7 nitrogen and oxygen atoms in total. The van der Waals surface area contributed by atoms with E-state index in [0.29, 0.717) is 53.2 Å². The van der Waals surface area contributed by atoms with Crippen molar-refractivity contribution in [3.63, 3.8) is 0 Å². The lowest BCUT2D eigenvalue weighted by Gasteiger charge is -2.15. The van der Waals surface area contributed by atoms with Gasteiger partial charge in [-0.3, -0.25) is 4.79 Å². The fourth-order valence-electron chi connectivity index (χ4n) is 4.24. The van der Waals surface area contributed by atoms with Crippen LogP contribution in [-0.2, 0) is 6.61 Å². The number of fused-ring (bicyclic) bond motifs is 2. The normalized spacial score (nSPS) is 11.3. The lowest BCUT2D eigenvalue weighted by Crippen LogP contribution is -2.16. The molecule has 4 aromatic carbocycles. The number of benzene rings is 4. The number of furan rings is 1. The van der Waals surface area contributed by atoms with Gasteiger partial charge in [-0.1, -0.05) is 54.1 Å². The van der Waals surface area contributed by atoms with Gasteiger partial charge in [0.25, 0.3) is 0 Å². The van der Waals surface area contributed by atoms with Crippen LogP contribution in [0.4, 0.5) is 0 Å². The smallest absolute Gasteiger partial charge is 0.307 e. The summed E-state index contributed by atoms with van der Waals surface area (Å²) in [4.78, 5) is 12.6. The first-order valence-electron chi connectivity index (χ1n) is 12.6. The molecule has 5 aromatic rings. The minimum absolute atomic E-state index is 0.140. The van der Waals surface area contributed by atoms with E-state index in [0.717, 1.165) is 21.7 Å². The maximum absolute atomic E-state index is 12.6. The maximum atomic E-state index is 12.6. The second-order valence-electron chi connectivity index (χ2n) is 8.63. The SMILES string of the molecule is CCOc1ccc2oc(C(=O)N/N=C/c3cc(Cl)c(OCc4cccc5ccccc45)c(OCC)c3)cc2c1. The summed E-state index contributed by atoms with van der Waals surface area (Å²) in [5.41, 5.74) is 4.74. The highest BCUT2D eigenvalue weighted by Gasteiger charge is 2.15. The van der Waals surface area contributed by atoms with Crippen molar-refractivity contribution >= 4 is 45.5 Å². The molecule has 0 radical (unpaired) electrons. The third kappa shape index (κ3) is 5.99. The van der Waals surface area contributed by atoms with Crippen LogP contribution in [0.3, 0.4) is 0 Å². The molecule has 0 spiro atoms. The van der Waals surface area contributed by atoms with Gasteiger partial charge in [0, 0.05) is 5.39 Å². The first-order valence-corrected chi connectivity index (χ1v) is 13.0. The van der Waals surface area contributed by atoms with Crippen molar-refractivity contribution in [3.8, 4) is 17.2 Å². The molecule has 5 rings (SSSR count). The lowest BCUT2D eigenvalue weighted by molar-refractivity contribution is 0.0929. The second-order valence-corrected chi connectivity index (χ2v) is 9.04. The summed E-state index contributed by atoms with van der Waals surface area (Å²) >= 11 is 6.59. The Labute approximate surface area is 230 Å². The molecule has 1 aromatic heterocycles. The van der Waals surface area contributed by atoms with E-state index in [-0.39, 0.29) is 5.76 Å². The maximum Gasteiger partial charge on any atom is 0.307 e. The lowest BCUT2D eigenvalue weighted by atomic mass is 10.1. The molecule has 0 bridgehead atoms. The van der Waals surface area contributed by atoms with Gasteiger partial charge in [-0.15, -0.1) is 0 Å². The molecule has 0 unspecified atom stereocenters. The van der Waals surface area contributed by atoms with Crippen molar-refractivity contribution in [2.24, 2.45) is 5.10 Å². The number of carbonyl (C=O) groups excluding carboxylic acids is 1. The number of hydrazone groups is 1. The fraction of sp³-hybridized carbons (Fsp3) is 0.161. The highest BCUT2D eigenvalue weighted by molar-refractivity contribution is 6.32. The van der Waals surface area contributed by atoms with E-state index in [1.165, 1.54) is 6.21 Å². The molecule has 1 heterocycles. The van der Waals surface area contributed by atoms with Crippen LogP contribution in [0.2, 0.25) is 5.02 Å². The van der Waals surface area contributed by atoms with E-state index in [1.54, 1.807) is 30.3 Å². The Morgan fingerprint density at radius 1 is 0.923 bits per heavy atom. The van der Waals surface area contributed by atoms with Crippen LogP contribution < -0.4 is 19.6 Å². The van der Waals surface area contributed by atoms with Crippen LogP contribution in [0.25, 0.3) is 21.7 Å². The molecule has 0 fully saturated rings. The molecule has 0 saturated carbocycles. The Bertz CT molecular complexity index is 1660. The van der Waals surface area contributed by atoms with E-state index in [9.17, 15) is 4.79 Å². The van der Waals surface area contributed by atoms with Gasteiger partial charge in [-0.05, 0) is 72.1 Å². The summed E-state index contributed by atoms with van der Waals surface area (Å²) in [5.74, 6) is 1.30. The standard InChI is InChI=1S/C31H27ClN2O5/c1-3-36-24-12-13-27-23(16-24)17-29(39-27)31(35)34-33-18-20-14-26(32)30(28(15-20)37-4-2)38-19-22-10-7-9-21-8-5-6-11-25(21)22/h5-18H,3-4,19H2,1-2H3,(H,34,35)/b33-18+. The van der Waals surface area contributed by atoms with Crippen LogP contribution in [0, 0.1) is 0 Å². The van der Waals surface area contributed by atoms with Gasteiger partial charge in [0.1, 0.15) is 17.9 Å². The summed E-state index contributed by atoms with van der Waals surface area (Å²) in [6.07, 6.45) is 1.48. The Balaban J connectivity index is 1.29. The highest BCUT2D eigenvalue weighted by atomic mass is 35.5.